The average molecular weight is 441 g/mol. The molecule has 7 nitrogen and oxygen atoms in total. The summed E-state index contributed by atoms with van der Waals surface area (Å²) in [5.74, 6) is -0.665. The van der Waals surface area contributed by atoms with E-state index in [2.05, 4.69) is 10.1 Å². The van der Waals surface area contributed by atoms with Crippen LogP contribution in [-0.2, 0) is 9.53 Å². The molecule has 0 aliphatic rings. The van der Waals surface area contributed by atoms with Gasteiger partial charge in [0.25, 0.3) is 11.7 Å². The molecule has 0 spiro atoms. The van der Waals surface area contributed by atoms with Crippen LogP contribution in [0.4, 0.5) is 5.69 Å². The second-order valence-electron chi connectivity index (χ2n) is 7.37. The molecule has 0 radical (unpaired) electrons. The van der Waals surface area contributed by atoms with E-state index in [1.54, 1.807) is 9.58 Å². The summed E-state index contributed by atoms with van der Waals surface area (Å²) in [5, 5.41) is 4.38. The Hall–Kier alpha value is -4.26. The maximum Gasteiger partial charge on any atom is 0.378 e. The number of carbonyl (C=O) groups excluding carboxylic acids is 2. The molecular formula is C26H24N4O3. The predicted molar refractivity (Wildman–Crippen MR) is 126 cm³/mol. The quantitative estimate of drug-likeness (QED) is 0.397. The molecule has 0 atom stereocenters. The Morgan fingerprint density at radius 2 is 1.55 bits per heavy atom. The second kappa shape index (κ2) is 9.91. The number of anilines is 1. The highest BCUT2D eigenvalue weighted by atomic mass is 16.5. The summed E-state index contributed by atoms with van der Waals surface area (Å²) < 4.78 is 6.90. The number of likely N-dealkylation sites (N-methyl/N-ethyl adjacent to an activating group) is 1. The van der Waals surface area contributed by atoms with E-state index in [-0.39, 0.29) is 11.7 Å². The highest BCUT2D eigenvalue weighted by molar-refractivity contribution is 5.97. The van der Waals surface area contributed by atoms with Gasteiger partial charge in [0.2, 0.25) is 0 Å². The molecule has 3 aromatic carbocycles. The van der Waals surface area contributed by atoms with E-state index >= 15 is 0 Å². The summed E-state index contributed by atoms with van der Waals surface area (Å²) in [6, 6.07) is 26.5. The highest BCUT2D eigenvalue weighted by Crippen LogP contribution is 2.22. The van der Waals surface area contributed by atoms with Crippen LogP contribution in [0.5, 0.6) is 0 Å². The maximum atomic E-state index is 12.8. The monoisotopic (exact) mass is 440 g/mol. The van der Waals surface area contributed by atoms with Crippen molar-refractivity contribution in [1.82, 2.24) is 14.8 Å². The Balaban J connectivity index is 1.56. The lowest BCUT2D eigenvalue weighted by Gasteiger charge is -2.22. The van der Waals surface area contributed by atoms with Crippen LogP contribution in [0.15, 0.2) is 84.9 Å². The van der Waals surface area contributed by atoms with Crippen molar-refractivity contribution in [2.45, 2.75) is 13.8 Å². The number of aryl methyl sites for hydroxylation is 1. The van der Waals surface area contributed by atoms with Crippen LogP contribution in [0.25, 0.3) is 17.1 Å². The molecule has 0 fully saturated rings. The molecule has 0 unspecified atom stereocenters. The van der Waals surface area contributed by atoms with E-state index in [9.17, 15) is 9.59 Å². The van der Waals surface area contributed by atoms with Crippen LogP contribution in [0, 0.1) is 6.92 Å². The molecule has 1 heterocycles. The van der Waals surface area contributed by atoms with Gasteiger partial charge in [0.05, 0.1) is 5.69 Å². The molecule has 0 aliphatic heterocycles. The number of nitrogens with zero attached hydrogens (tertiary/aromatic N) is 4. The van der Waals surface area contributed by atoms with Gasteiger partial charge in [-0.1, -0.05) is 66.7 Å². The fraction of sp³-hybridized carbons (Fsp3) is 0.154. The minimum absolute atomic E-state index is 0.107. The highest BCUT2D eigenvalue weighted by Gasteiger charge is 2.22. The first-order chi connectivity index (χ1) is 16.1. The maximum absolute atomic E-state index is 12.8. The molecule has 0 saturated heterocycles. The van der Waals surface area contributed by atoms with E-state index in [1.165, 1.54) is 0 Å². The first-order valence-electron chi connectivity index (χ1n) is 10.7. The van der Waals surface area contributed by atoms with Crippen molar-refractivity contribution < 1.29 is 14.3 Å². The predicted octanol–water partition coefficient (Wildman–Crippen LogP) is 4.45. The third-order valence-electron chi connectivity index (χ3n) is 5.17. The van der Waals surface area contributed by atoms with Crippen LogP contribution in [0.2, 0.25) is 0 Å². The van der Waals surface area contributed by atoms with Crippen LogP contribution in [-0.4, -0.2) is 39.8 Å². The van der Waals surface area contributed by atoms with Crippen molar-refractivity contribution >= 4 is 17.6 Å². The van der Waals surface area contributed by atoms with Crippen molar-refractivity contribution in [2.75, 3.05) is 18.1 Å². The van der Waals surface area contributed by atoms with Crippen LogP contribution in [0.1, 0.15) is 23.1 Å². The number of carbonyl (C=O) groups is 2. The van der Waals surface area contributed by atoms with Crippen LogP contribution in [0.3, 0.4) is 0 Å². The summed E-state index contributed by atoms with van der Waals surface area (Å²) in [4.78, 5) is 31.6. The third-order valence-corrected chi connectivity index (χ3v) is 5.17. The molecule has 33 heavy (non-hydrogen) atoms. The Bertz CT molecular complexity index is 1200. The summed E-state index contributed by atoms with van der Waals surface area (Å²) >= 11 is 0. The van der Waals surface area contributed by atoms with Crippen molar-refractivity contribution in [2.24, 2.45) is 0 Å². The summed E-state index contributed by atoms with van der Waals surface area (Å²) in [5.41, 5.74) is 3.32. The number of esters is 1. The average Bonchev–Trinajstić information content (AvgIpc) is 3.31. The van der Waals surface area contributed by atoms with Gasteiger partial charge in [0.1, 0.15) is 0 Å². The Morgan fingerprint density at radius 3 is 2.21 bits per heavy atom. The van der Waals surface area contributed by atoms with Gasteiger partial charge in [-0.15, -0.1) is 5.10 Å². The van der Waals surface area contributed by atoms with E-state index in [0.29, 0.717) is 12.4 Å². The molecule has 1 amide bonds. The Labute approximate surface area is 192 Å². The number of para-hydroxylation sites is 2. The smallest absolute Gasteiger partial charge is 0.378 e. The minimum Gasteiger partial charge on any atom is -0.450 e. The molecule has 0 bridgehead atoms. The molecule has 7 heteroatoms. The zero-order valence-corrected chi connectivity index (χ0v) is 18.5. The number of aromatic nitrogens is 3. The van der Waals surface area contributed by atoms with Gasteiger partial charge in [-0.3, -0.25) is 4.79 Å². The minimum atomic E-state index is -0.754. The van der Waals surface area contributed by atoms with Crippen molar-refractivity contribution in [3.8, 4) is 17.1 Å². The zero-order valence-electron chi connectivity index (χ0n) is 18.5. The normalized spacial score (nSPS) is 10.6. The molecular weight excluding hydrogens is 416 g/mol. The van der Waals surface area contributed by atoms with E-state index in [1.807, 2.05) is 98.8 Å². The number of rotatable bonds is 7. The Morgan fingerprint density at radius 1 is 0.909 bits per heavy atom. The number of ether oxygens (including phenoxy) is 1. The largest absolute Gasteiger partial charge is 0.450 e. The number of hydrogen-bond acceptors (Lipinski definition) is 5. The van der Waals surface area contributed by atoms with Gasteiger partial charge in [0.15, 0.2) is 12.4 Å². The lowest BCUT2D eigenvalue weighted by molar-refractivity contribution is -0.121. The fourth-order valence-corrected chi connectivity index (χ4v) is 3.54. The number of benzene rings is 3. The number of amides is 1. The van der Waals surface area contributed by atoms with Gasteiger partial charge in [0, 0.05) is 17.8 Å². The van der Waals surface area contributed by atoms with Crippen LogP contribution >= 0.6 is 0 Å². The molecule has 0 saturated carbocycles. The van der Waals surface area contributed by atoms with Gasteiger partial charge in [-0.25, -0.2) is 14.5 Å². The molecule has 4 aromatic rings. The van der Waals surface area contributed by atoms with Crippen molar-refractivity contribution in [3.05, 3.63) is 96.3 Å². The molecule has 0 N–H and O–H groups in total. The molecule has 4 rings (SSSR count). The summed E-state index contributed by atoms with van der Waals surface area (Å²) in [7, 11) is 0. The fourth-order valence-electron chi connectivity index (χ4n) is 3.54. The molecule has 0 aliphatic carbocycles. The van der Waals surface area contributed by atoms with Crippen molar-refractivity contribution in [1.29, 1.82) is 0 Å². The third kappa shape index (κ3) is 4.82. The van der Waals surface area contributed by atoms with Gasteiger partial charge < -0.3 is 9.64 Å². The standard InChI is InChI=1S/C26H24N4O3/c1-3-29(22-17-11-10-12-19(22)2)23(31)18-33-26(32)24-27-25(20-13-6-4-7-14-20)30(28-24)21-15-8-5-9-16-21/h4-17H,3,18H2,1-2H3. The Kier molecular flexibility index (Phi) is 6.59. The van der Waals surface area contributed by atoms with E-state index in [0.717, 1.165) is 22.5 Å². The van der Waals surface area contributed by atoms with Gasteiger partial charge in [-0.2, -0.15) is 0 Å². The topological polar surface area (TPSA) is 77.3 Å². The molecule has 1 aromatic heterocycles. The number of hydrogen-bond donors (Lipinski definition) is 0. The second-order valence-corrected chi connectivity index (χ2v) is 7.37. The zero-order chi connectivity index (χ0) is 23.2. The van der Waals surface area contributed by atoms with Crippen LogP contribution < -0.4 is 4.90 Å². The van der Waals surface area contributed by atoms with Gasteiger partial charge >= 0.3 is 5.97 Å². The lowest BCUT2D eigenvalue weighted by Crippen LogP contribution is -2.35. The first kappa shape index (κ1) is 22.0. The summed E-state index contributed by atoms with van der Waals surface area (Å²) in [6.07, 6.45) is 0. The molecule has 166 valence electrons. The van der Waals surface area contributed by atoms with E-state index in [4.69, 9.17) is 4.74 Å². The summed E-state index contributed by atoms with van der Waals surface area (Å²) in [6.45, 7) is 3.87. The van der Waals surface area contributed by atoms with Crippen molar-refractivity contribution in [3.63, 3.8) is 0 Å². The van der Waals surface area contributed by atoms with E-state index < -0.39 is 12.6 Å². The first-order valence-corrected chi connectivity index (χ1v) is 10.7. The SMILES string of the molecule is CCN(C(=O)COC(=O)c1nc(-c2ccccc2)n(-c2ccccc2)n1)c1ccccc1C. The van der Waals surface area contributed by atoms with Gasteiger partial charge in [-0.05, 0) is 37.6 Å². The lowest BCUT2D eigenvalue weighted by atomic mass is 10.2.